The van der Waals surface area contributed by atoms with E-state index in [2.05, 4.69) is 126 Å². The molecule has 6 aromatic rings. The number of benzene rings is 6. The molecule has 3 amide bonds. The van der Waals surface area contributed by atoms with E-state index in [4.69, 9.17) is 108 Å². The molecule has 9 aliphatic rings. The normalized spacial score (nSPS) is 20.2. The van der Waals surface area contributed by atoms with Crippen molar-refractivity contribution in [3.8, 4) is 34.5 Å². The number of nitrogens with one attached hydrogen (secondary N) is 3. The summed E-state index contributed by atoms with van der Waals surface area (Å²) in [6, 6.07) is 43.0. The zero-order valence-electron chi connectivity index (χ0n) is 66.3. The summed E-state index contributed by atoms with van der Waals surface area (Å²) >= 11 is 48.1. The van der Waals surface area contributed by atoms with Crippen LogP contribution in [-0.2, 0) is 61.9 Å². The van der Waals surface area contributed by atoms with Crippen molar-refractivity contribution in [2.24, 2.45) is 5.41 Å². The minimum atomic E-state index is -0.170. The molecule has 644 valence electrons. The van der Waals surface area contributed by atoms with E-state index in [1.807, 2.05) is 69.3 Å². The number of carbonyl (C=O) groups excluding carboxylic acids is 6. The van der Waals surface area contributed by atoms with Crippen LogP contribution in [0.4, 0.5) is 0 Å². The number of ether oxygens (including phenoxy) is 9. The van der Waals surface area contributed by atoms with E-state index >= 15 is 0 Å². The van der Waals surface area contributed by atoms with Gasteiger partial charge in [-0.15, -0.1) is 0 Å². The Morgan fingerprint density at radius 2 is 0.607 bits per heavy atom. The van der Waals surface area contributed by atoms with E-state index in [1.165, 1.54) is 0 Å². The fourth-order valence-electron chi connectivity index (χ4n) is 15.5. The van der Waals surface area contributed by atoms with E-state index in [0.717, 1.165) is 139 Å². The van der Waals surface area contributed by atoms with Crippen molar-refractivity contribution in [2.75, 3.05) is 91.0 Å². The number of rotatable bonds is 41. The van der Waals surface area contributed by atoms with Crippen molar-refractivity contribution in [1.82, 2.24) is 25.8 Å². The van der Waals surface area contributed by atoms with Gasteiger partial charge in [-0.05, 0) is 275 Å². The summed E-state index contributed by atoms with van der Waals surface area (Å²) in [5.74, 6) is 3.51. The van der Waals surface area contributed by atoms with Crippen molar-refractivity contribution in [2.45, 2.75) is 158 Å². The van der Waals surface area contributed by atoms with Gasteiger partial charge >= 0.3 is 117 Å². The van der Waals surface area contributed by atoms with Crippen LogP contribution in [0.25, 0.3) is 0 Å². The molecule has 0 atom stereocenters. The molecule has 20 nitrogen and oxygen atoms in total. The zero-order chi connectivity index (χ0) is 83.3. The quantitative estimate of drug-likeness (QED) is 0.00809. The van der Waals surface area contributed by atoms with Crippen LogP contribution < -0.4 is 44.4 Å². The molecule has 0 aromatic heterocycles. The molecule has 3 N–H and O–H groups in total. The third-order valence-electron chi connectivity index (χ3n) is 20.1. The van der Waals surface area contributed by atoms with Crippen molar-refractivity contribution < 1.29 is 90.3 Å². The van der Waals surface area contributed by atoms with Crippen LogP contribution in [0.1, 0.15) is 130 Å². The summed E-state index contributed by atoms with van der Waals surface area (Å²) in [7, 11) is 1.25. The van der Waals surface area contributed by atoms with Crippen molar-refractivity contribution >= 4 is 201 Å². The second-order valence-electron chi connectivity index (χ2n) is 28.8. The Bertz CT molecular complexity index is 3750. The Labute approximate surface area is 786 Å². The summed E-state index contributed by atoms with van der Waals surface area (Å²) in [5.41, 5.74) is 0.115. The van der Waals surface area contributed by atoms with Crippen LogP contribution in [0, 0.1) is 20.3 Å². The van der Waals surface area contributed by atoms with Crippen LogP contribution in [-0.4, -0.2) is 164 Å². The maximum absolute atomic E-state index is 12.5. The van der Waals surface area contributed by atoms with Gasteiger partial charge in [0.05, 0.1) is 26.4 Å². The summed E-state index contributed by atoms with van der Waals surface area (Å²) in [6.07, 6.45) is 14.2. The SMILES string of the molecule is CCOC(=O)CCCBr.CCOC(=O)CCCN(CCOc1ccc(Cl)cc1)C12CC(NC(=O)COc3ccc(Cl)cc3)(C1)C2.CCOC(=O)CCCN(CCOc1ccc(Cl)cc1)C12CC(NC(=O)COc3ccc(Cl)cc3)(C1)C2.O=C(COc1ccc(Cl)cc1)NC12CC(CCCOc3ccc(Cl)cc3)(C1)C2.[CH3-].[CH3-].[I][V][I].[I][V][I]. The van der Waals surface area contributed by atoms with Gasteiger partial charge in [-0.25, -0.2) is 0 Å². The number of esters is 3. The van der Waals surface area contributed by atoms with Gasteiger partial charge in [0.2, 0.25) is 0 Å². The van der Waals surface area contributed by atoms with Crippen LogP contribution in [0.15, 0.2) is 146 Å². The molecular weight excluding hydrogens is 2220 g/mol. The number of halogens is 11. The van der Waals surface area contributed by atoms with Crippen LogP contribution in [0.2, 0.25) is 30.1 Å². The predicted octanol–water partition coefficient (Wildman–Crippen LogP) is 21.2. The van der Waals surface area contributed by atoms with Crippen LogP contribution >= 0.6 is 165 Å². The molecule has 0 unspecified atom stereocenters. The number of alkyl halides is 1. The minimum absolute atomic E-state index is 0. The molecule has 0 aliphatic heterocycles. The van der Waals surface area contributed by atoms with Crippen molar-refractivity contribution in [3.63, 3.8) is 0 Å². The van der Waals surface area contributed by atoms with Crippen molar-refractivity contribution in [1.29, 1.82) is 0 Å². The summed E-state index contributed by atoms with van der Waals surface area (Å²) < 4.78 is 49.1. The number of hydrogen-bond donors (Lipinski definition) is 3. The molecule has 15 rings (SSSR count). The number of nitrogens with zero attached hydrogens (tertiary/aromatic N) is 2. The first-order valence-electron chi connectivity index (χ1n) is 37.8. The fourth-order valence-corrected chi connectivity index (χ4v) is 16.6. The average molecular weight is 2330 g/mol. The third-order valence-corrected chi connectivity index (χ3v) is 22.2. The average Bonchev–Trinajstić information content (AvgIpc) is 0.683. The van der Waals surface area contributed by atoms with Gasteiger partial charge in [0.15, 0.2) is 19.8 Å². The van der Waals surface area contributed by atoms with E-state index in [1.54, 1.807) is 97.1 Å². The van der Waals surface area contributed by atoms with Gasteiger partial charge in [0.25, 0.3) is 17.7 Å². The van der Waals surface area contributed by atoms with Gasteiger partial charge in [0, 0.05) is 95.5 Å². The van der Waals surface area contributed by atoms with E-state index in [0.29, 0.717) is 131 Å². The Morgan fingerprint density at radius 3 is 0.863 bits per heavy atom. The standard InChI is InChI=1S/2C27H32Cl2N2O5.C22H23Cl2NO3.C6H11BrO2.2CH3.4HI.2V/c2*1-2-34-25(33)4-3-13-31(14-15-35-22-9-5-20(28)6-10-22)27-17-26(18-27,19-27)30-24(32)16-36-23-11-7-21(29)8-12-23;23-16-2-6-18(7-3-16)27-11-1-10-21-13-22(14-21,15-21)25-20(26)12-28-19-8-4-17(24)5-9-19;1-2-9-6(8)4-3-5-7;;;;;;;;/h2*5-12H,2-4,13-19H2,1H3,(H,30,32);2-9H,1,10-15H2,(H,25,26);2-5H2,1H3;2*1H3;4*1H;;/q;;;;2*-1;;;;;2*+2/p-4. The van der Waals surface area contributed by atoms with E-state index in [9.17, 15) is 28.8 Å². The molecule has 0 heterocycles. The molecule has 9 saturated carbocycles. The van der Waals surface area contributed by atoms with Gasteiger partial charge < -0.3 is 73.4 Å². The van der Waals surface area contributed by atoms with Gasteiger partial charge in [-0.1, -0.05) is 85.5 Å². The first-order chi connectivity index (χ1) is 55.2. The number of carbonyl (C=O) groups is 6. The second-order valence-corrected chi connectivity index (χ2v) is 55.8. The maximum atomic E-state index is 12.5. The molecule has 6 bridgehead atoms. The van der Waals surface area contributed by atoms with E-state index < -0.39 is 0 Å². The molecule has 0 saturated heterocycles. The molecule has 9 aliphatic carbocycles. The Hall–Kier alpha value is -2.83. The molecule has 33 heteroatoms. The first-order valence-corrected chi connectivity index (χ1v) is 59.3. The third kappa shape index (κ3) is 35.6. The summed E-state index contributed by atoms with van der Waals surface area (Å²) in [5, 5.41) is 14.3. The van der Waals surface area contributed by atoms with Gasteiger partial charge in [-0.3, -0.25) is 38.6 Å². The summed E-state index contributed by atoms with van der Waals surface area (Å²) in [4.78, 5) is 76.1. The Balaban J connectivity index is 0.000000286. The fraction of sp³-hybridized carbons (Fsp3) is 0.476. The number of amides is 3. The molecule has 0 spiro atoms. The molecule has 6 aromatic carbocycles. The zero-order valence-corrected chi connectivity index (χ0v) is 83.9. The molecule has 117 heavy (non-hydrogen) atoms. The first kappa shape index (κ1) is 105. The molecule has 0 radical (unpaired) electrons. The van der Waals surface area contributed by atoms with E-state index in [-0.39, 0.29) is 98.0 Å². The Morgan fingerprint density at radius 1 is 0.368 bits per heavy atom. The van der Waals surface area contributed by atoms with Crippen molar-refractivity contribution in [3.05, 3.63) is 191 Å². The number of hydrogen-bond acceptors (Lipinski definition) is 17. The molecule has 9 fully saturated rings. The van der Waals surface area contributed by atoms with Gasteiger partial charge in [0.1, 0.15) is 47.7 Å². The topological polar surface area (TPSA) is 228 Å². The Kier molecular flexibility index (Phi) is 48.5. The second kappa shape index (κ2) is 54.1. The summed E-state index contributed by atoms with van der Waals surface area (Å²) in [6.45, 7) is 11.4. The van der Waals surface area contributed by atoms with Crippen LogP contribution in [0.3, 0.4) is 0 Å². The predicted molar refractivity (Wildman–Crippen MR) is 496 cm³/mol. The van der Waals surface area contributed by atoms with Gasteiger partial charge in [-0.2, -0.15) is 0 Å². The molecular formula is C84H104BrCl6I4N5O15V2-2. The van der Waals surface area contributed by atoms with Crippen LogP contribution in [0.5, 0.6) is 34.5 Å². The monoisotopic (exact) mass is 2320 g/mol.